The predicted molar refractivity (Wildman–Crippen MR) is 78.9 cm³/mol. The average Bonchev–Trinajstić information content (AvgIpc) is 2.38. The lowest BCUT2D eigenvalue weighted by Gasteiger charge is -2.26. The van der Waals surface area contributed by atoms with E-state index in [1.165, 1.54) is 57.8 Å². The van der Waals surface area contributed by atoms with Crippen LogP contribution in [0.3, 0.4) is 0 Å². The average molecular weight is 316 g/mol. The fraction of sp³-hybridized carbons (Fsp3) is 0.933. The molecule has 2 atom stereocenters. The van der Waals surface area contributed by atoms with Gasteiger partial charge in [0, 0.05) is 17.8 Å². The molecule has 1 amide bonds. The summed E-state index contributed by atoms with van der Waals surface area (Å²) in [6, 6.07) is 0. The maximum atomic E-state index is 11.9. The van der Waals surface area contributed by atoms with Gasteiger partial charge >= 0.3 is 0 Å². The Morgan fingerprint density at radius 2 is 1.72 bits per heavy atom. The number of rotatable bonds is 4. The quantitative estimate of drug-likeness (QED) is 0.780. The molecule has 18 heavy (non-hydrogen) atoms. The third-order valence-electron chi connectivity index (χ3n) is 4.51. The van der Waals surface area contributed by atoms with Crippen LogP contribution in [0.2, 0.25) is 0 Å². The summed E-state index contributed by atoms with van der Waals surface area (Å²) >= 11 is 3.70. The smallest absolute Gasteiger partial charge is 0.220 e. The second-order valence-corrected chi connectivity index (χ2v) is 7.44. The van der Waals surface area contributed by atoms with E-state index in [1.807, 2.05) is 0 Å². The van der Waals surface area contributed by atoms with Crippen molar-refractivity contribution in [2.24, 2.45) is 11.8 Å². The molecule has 2 nitrogen and oxygen atoms in total. The third kappa shape index (κ3) is 4.91. The minimum Gasteiger partial charge on any atom is -0.356 e. The standard InChI is InChI=1S/C15H26BrNO/c16-14-8-4-7-13(9-14)11-17-15(18)10-12-5-2-1-3-6-12/h12-14H,1-11H2,(H,17,18). The van der Waals surface area contributed by atoms with E-state index < -0.39 is 0 Å². The number of carbonyl (C=O) groups is 1. The minimum atomic E-state index is 0.290. The molecule has 2 aliphatic carbocycles. The van der Waals surface area contributed by atoms with Crippen molar-refractivity contribution in [2.45, 2.75) is 69.0 Å². The monoisotopic (exact) mass is 315 g/mol. The largest absolute Gasteiger partial charge is 0.356 e. The van der Waals surface area contributed by atoms with Crippen molar-refractivity contribution in [2.75, 3.05) is 6.54 Å². The molecule has 2 fully saturated rings. The van der Waals surface area contributed by atoms with Crippen molar-refractivity contribution in [3.05, 3.63) is 0 Å². The Morgan fingerprint density at radius 1 is 1.00 bits per heavy atom. The first kappa shape index (κ1) is 14.4. The van der Waals surface area contributed by atoms with Crippen LogP contribution in [0.15, 0.2) is 0 Å². The van der Waals surface area contributed by atoms with Gasteiger partial charge < -0.3 is 5.32 Å². The fourth-order valence-electron chi connectivity index (χ4n) is 3.39. The number of halogens is 1. The highest BCUT2D eigenvalue weighted by molar-refractivity contribution is 9.09. The first-order valence-corrected chi connectivity index (χ1v) is 8.56. The van der Waals surface area contributed by atoms with Gasteiger partial charge in [-0.05, 0) is 43.9 Å². The summed E-state index contributed by atoms with van der Waals surface area (Å²) in [5, 5.41) is 3.16. The molecule has 3 heteroatoms. The van der Waals surface area contributed by atoms with Crippen LogP contribution in [0.25, 0.3) is 0 Å². The fourth-order valence-corrected chi connectivity index (χ4v) is 4.25. The highest BCUT2D eigenvalue weighted by Gasteiger charge is 2.21. The zero-order chi connectivity index (χ0) is 12.8. The van der Waals surface area contributed by atoms with Gasteiger partial charge in [0.15, 0.2) is 0 Å². The molecule has 2 rings (SSSR count). The number of hydrogen-bond donors (Lipinski definition) is 1. The Kier molecular flexibility index (Phi) is 6.00. The van der Waals surface area contributed by atoms with Crippen molar-refractivity contribution in [3.8, 4) is 0 Å². The summed E-state index contributed by atoms with van der Waals surface area (Å²) in [4.78, 5) is 12.6. The van der Waals surface area contributed by atoms with E-state index in [0.717, 1.165) is 13.0 Å². The minimum absolute atomic E-state index is 0.290. The zero-order valence-electron chi connectivity index (χ0n) is 11.3. The van der Waals surface area contributed by atoms with Gasteiger partial charge in [0.1, 0.15) is 0 Å². The number of nitrogens with one attached hydrogen (secondary N) is 1. The Balaban J connectivity index is 1.61. The Hall–Kier alpha value is -0.0500. The van der Waals surface area contributed by atoms with E-state index >= 15 is 0 Å². The molecule has 0 bridgehead atoms. The molecule has 0 aromatic rings. The van der Waals surface area contributed by atoms with E-state index in [9.17, 15) is 4.79 Å². The number of hydrogen-bond acceptors (Lipinski definition) is 1. The maximum absolute atomic E-state index is 11.9. The van der Waals surface area contributed by atoms with Gasteiger partial charge in [-0.2, -0.15) is 0 Å². The molecule has 104 valence electrons. The van der Waals surface area contributed by atoms with Crippen LogP contribution in [0.5, 0.6) is 0 Å². The lowest BCUT2D eigenvalue weighted by atomic mass is 9.86. The second-order valence-electron chi connectivity index (χ2n) is 6.14. The molecule has 0 aromatic carbocycles. The molecule has 1 N–H and O–H groups in total. The third-order valence-corrected chi connectivity index (χ3v) is 5.34. The molecule has 0 aromatic heterocycles. The lowest BCUT2D eigenvalue weighted by molar-refractivity contribution is -0.122. The molecular weight excluding hydrogens is 290 g/mol. The van der Waals surface area contributed by atoms with Crippen molar-refractivity contribution in [1.82, 2.24) is 5.32 Å². The SMILES string of the molecule is O=C(CC1CCCCC1)NCC1CCCC(Br)C1. The van der Waals surface area contributed by atoms with Crippen molar-refractivity contribution < 1.29 is 4.79 Å². The highest BCUT2D eigenvalue weighted by Crippen LogP contribution is 2.29. The van der Waals surface area contributed by atoms with Crippen LogP contribution in [0.4, 0.5) is 0 Å². The summed E-state index contributed by atoms with van der Waals surface area (Å²) in [6.07, 6.45) is 12.4. The first-order chi connectivity index (χ1) is 8.74. The Bertz CT molecular complexity index is 263. The first-order valence-electron chi connectivity index (χ1n) is 7.65. The molecule has 2 saturated carbocycles. The summed E-state index contributed by atoms with van der Waals surface area (Å²) in [7, 11) is 0. The van der Waals surface area contributed by atoms with Gasteiger partial charge in [0.05, 0.1) is 0 Å². The molecule has 0 spiro atoms. The van der Waals surface area contributed by atoms with Gasteiger partial charge in [-0.25, -0.2) is 0 Å². The van der Waals surface area contributed by atoms with E-state index in [2.05, 4.69) is 21.2 Å². The highest BCUT2D eigenvalue weighted by atomic mass is 79.9. The topological polar surface area (TPSA) is 29.1 Å². The maximum Gasteiger partial charge on any atom is 0.220 e. The van der Waals surface area contributed by atoms with Crippen molar-refractivity contribution in [1.29, 1.82) is 0 Å². The van der Waals surface area contributed by atoms with Crippen molar-refractivity contribution in [3.63, 3.8) is 0 Å². The van der Waals surface area contributed by atoms with Crippen LogP contribution in [0.1, 0.15) is 64.2 Å². The normalized spacial score (nSPS) is 30.1. The predicted octanol–water partition coefficient (Wildman–Crippen LogP) is 4.03. The number of alkyl halides is 1. The molecule has 0 radical (unpaired) electrons. The van der Waals surface area contributed by atoms with Gasteiger partial charge in [-0.1, -0.05) is 41.6 Å². The van der Waals surface area contributed by atoms with Gasteiger partial charge in [-0.15, -0.1) is 0 Å². The lowest BCUT2D eigenvalue weighted by Crippen LogP contribution is -2.33. The van der Waals surface area contributed by atoms with Gasteiger partial charge in [0.2, 0.25) is 5.91 Å². The van der Waals surface area contributed by atoms with Crippen LogP contribution < -0.4 is 5.32 Å². The number of amides is 1. The Morgan fingerprint density at radius 3 is 2.44 bits per heavy atom. The van der Waals surface area contributed by atoms with E-state index in [-0.39, 0.29) is 0 Å². The van der Waals surface area contributed by atoms with E-state index in [4.69, 9.17) is 0 Å². The number of carbonyl (C=O) groups excluding carboxylic acids is 1. The van der Waals surface area contributed by atoms with E-state index in [0.29, 0.717) is 22.6 Å². The van der Waals surface area contributed by atoms with Crippen LogP contribution in [-0.4, -0.2) is 17.3 Å². The summed E-state index contributed by atoms with van der Waals surface area (Å²) in [5.74, 6) is 1.64. The van der Waals surface area contributed by atoms with Crippen LogP contribution in [0, 0.1) is 11.8 Å². The van der Waals surface area contributed by atoms with E-state index in [1.54, 1.807) is 0 Å². The van der Waals surface area contributed by atoms with Gasteiger partial charge in [0.25, 0.3) is 0 Å². The zero-order valence-corrected chi connectivity index (χ0v) is 12.9. The molecule has 0 aliphatic heterocycles. The molecular formula is C15H26BrNO. The van der Waals surface area contributed by atoms with Gasteiger partial charge in [-0.3, -0.25) is 4.79 Å². The Labute approximate surface area is 119 Å². The molecule has 0 saturated heterocycles. The molecule has 2 aliphatic rings. The van der Waals surface area contributed by atoms with Crippen LogP contribution >= 0.6 is 15.9 Å². The summed E-state index contributed by atoms with van der Waals surface area (Å²) < 4.78 is 0. The van der Waals surface area contributed by atoms with Crippen molar-refractivity contribution >= 4 is 21.8 Å². The second kappa shape index (κ2) is 7.52. The summed E-state index contributed by atoms with van der Waals surface area (Å²) in [5.41, 5.74) is 0. The summed E-state index contributed by atoms with van der Waals surface area (Å²) in [6.45, 7) is 0.896. The molecule has 2 unspecified atom stereocenters. The molecule has 0 heterocycles. The van der Waals surface area contributed by atoms with Crippen LogP contribution in [-0.2, 0) is 4.79 Å².